The standard InChI is InChI=1S/C20H19N5O4/c1-28-20(27)18-9-14-5-2-3-6-15(14)11-24(18)19(26)12-29-17-8-4-7-16(10-17)25-13-21-22-23-25/h2-8,10,13,18H,9,11-12H2,1H3/t18-/m0/s1. The molecule has 0 N–H and O–H groups in total. The Morgan fingerprint density at radius 1 is 1.14 bits per heavy atom. The van der Waals surface area contributed by atoms with E-state index in [4.69, 9.17) is 9.47 Å². The maximum Gasteiger partial charge on any atom is 0.328 e. The van der Waals surface area contributed by atoms with Crippen LogP contribution in [0.15, 0.2) is 54.9 Å². The van der Waals surface area contributed by atoms with Gasteiger partial charge in [-0.3, -0.25) is 4.79 Å². The molecule has 4 rings (SSSR count). The van der Waals surface area contributed by atoms with Gasteiger partial charge in [-0.15, -0.1) is 5.10 Å². The van der Waals surface area contributed by atoms with Crippen LogP contribution in [0.2, 0.25) is 0 Å². The summed E-state index contributed by atoms with van der Waals surface area (Å²) in [6, 6.07) is 14.2. The number of hydrogen-bond donors (Lipinski definition) is 0. The second-order valence-corrected chi connectivity index (χ2v) is 6.57. The minimum absolute atomic E-state index is 0.200. The van der Waals surface area contributed by atoms with Gasteiger partial charge in [-0.05, 0) is 33.7 Å². The van der Waals surface area contributed by atoms with Gasteiger partial charge in [0.15, 0.2) is 6.61 Å². The van der Waals surface area contributed by atoms with Crippen molar-refractivity contribution in [2.45, 2.75) is 19.0 Å². The van der Waals surface area contributed by atoms with Crippen molar-refractivity contribution in [2.24, 2.45) is 0 Å². The zero-order valence-corrected chi connectivity index (χ0v) is 15.8. The molecule has 0 saturated carbocycles. The average Bonchev–Trinajstić information content (AvgIpc) is 3.31. The summed E-state index contributed by atoms with van der Waals surface area (Å²) in [7, 11) is 1.33. The molecule has 3 aromatic rings. The van der Waals surface area contributed by atoms with Crippen molar-refractivity contribution in [3.8, 4) is 11.4 Å². The number of esters is 1. The molecule has 29 heavy (non-hydrogen) atoms. The van der Waals surface area contributed by atoms with E-state index in [9.17, 15) is 9.59 Å². The first kappa shape index (κ1) is 18.6. The quantitative estimate of drug-likeness (QED) is 0.600. The third-order valence-electron chi connectivity index (χ3n) is 4.84. The van der Waals surface area contributed by atoms with E-state index in [0.717, 1.165) is 11.1 Å². The molecular weight excluding hydrogens is 374 g/mol. The maximum absolute atomic E-state index is 12.9. The molecule has 9 heteroatoms. The lowest BCUT2D eigenvalue weighted by molar-refractivity contribution is -0.154. The number of rotatable bonds is 5. The lowest BCUT2D eigenvalue weighted by atomic mass is 9.94. The first-order valence-corrected chi connectivity index (χ1v) is 9.06. The van der Waals surface area contributed by atoms with Gasteiger partial charge in [0.25, 0.3) is 5.91 Å². The van der Waals surface area contributed by atoms with Crippen LogP contribution < -0.4 is 4.74 Å². The van der Waals surface area contributed by atoms with Crippen LogP contribution in [0, 0.1) is 0 Å². The van der Waals surface area contributed by atoms with Crippen LogP contribution in [0.3, 0.4) is 0 Å². The molecule has 1 amide bonds. The van der Waals surface area contributed by atoms with E-state index in [-0.39, 0.29) is 12.5 Å². The Morgan fingerprint density at radius 3 is 2.72 bits per heavy atom. The van der Waals surface area contributed by atoms with Gasteiger partial charge in [0, 0.05) is 19.0 Å². The third-order valence-corrected chi connectivity index (χ3v) is 4.84. The summed E-state index contributed by atoms with van der Waals surface area (Å²) in [5.41, 5.74) is 2.77. The van der Waals surface area contributed by atoms with E-state index in [1.54, 1.807) is 18.2 Å². The number of fused-ring (bicyclic) bond motifs is 1. The highest BCUT2D eigenvalue weighted by Gasteiger charge is 2.35. The Bertz CT molecular complexity index is 1020. The van der Waals surface area contributed by atoms with Crippen LogP contribution in [-0.2, 0) is 27.3 Å². The Hall–Kier alpha value is -3.75. The highest BCUT2D eigenvalue weighted by molar-refractivity contribution is 5.86. The molecule has 1 aliphatic rings. The molecule has 148 valence electrons. The average molecular weight is 393 g/mol. The van der Waals surface area contributed by atoms with E-state index >= 15 is 0 Å². The second kappa shape index (κ2) is 8.09. The maximum atomic E-state index is 12.9. The first-order valence-electron chi connectivity index (χ1n) is 9.06. The number of methoxy groups -OCH3 is 1. The molecular formula is C20H19N5O4. The number of hydrogen-bond acceptors (Lipinski definition) is 7. The predicted molar refractivity (Wildman–Crippen MR) is 101 cm³/mol. The minimum Gasteiger partial charge on any atom is -0.484 e. The van der Waals surface area contributed by atoms with Crippen molar-refractivity contribution in [1.29, 1.82) is 0 Å². The van der Waals surface area contributed by atoms with Gasteiger partial charge in [0.1, 0.15) is 18.1 Å². The summed E-state index contributed by atoms with van der Waals surface area (Å²) in [6.07, 6.45) is 1.89. The van der Waals surface area contributed by atoms with Crippen LogP contribution in [-0.4, -0.2) is 56.7 Å². The van der Waals surface area contributed by atoms with Crippen molar-refractivity contribution >= 4 is 11.9 Å². The minimum atomic E-state index is -0.668. The SMILES string of the molecule is COC(=O)[C@@H]1Cc2ccccc2CN1C(=O)COc1cccc(-n2cnnn2)c1. The first-order chi connectivity index (χ1) is 14.2. The van der Waals surface area contributed by atoms with Gasteiger partial charge in [-0.1, -0.05) is 30.3 Å². The van der Waals surface area contributed by atoms with E-state index in [2.05, 4.69) is 15.5 Å². The van der Waals surface area contributed by atoms with Crippen LogP contribution in [0.5, 0.6) is 5.75 Å². The summed E-state index contributed by atoms with van der Waals surface area (Å²) in [5, 5.41) is 11.0. The molecule has 0 aliphatic carbocycles. The summed E-state index contributed by atoms with van der Waals surface area (Å²) in [4.78, 5) is 26.7. The van der Waals surface area contributed by atoms with Gasteiger partial charge in [0.05, 0.1) is 12.8 Å². The Labute approximate surface area is 166 Å². The zero-order valence-electron chi connectivity index (χ0n) is 15.8. The van der Waals surface area contributed by atoms with E-state index in [1.165, 1.54) is 23.0 Å². The molecule has 1 atom stereocenters. The van der Waals surface area contributed by atoms with Gasteiger partial charge >= 0.3 is 5.97 Å². The number of amides is 1. The Kier molecular flexibility index (Phi) is 5.19. The van der Waals surface area contributed by atoms with Crippen molar-refractivity contribution in [3.05, 3.63) is 66.0 Å². The van der Waals surface area contributed by atoms with Gasteiger partial charge < -0.3 is 14.4 Å². The molecule has 1 aromatic heterocycles. The molecule has 0 saturated heterocycles. The fraction of sp³-hybridized carbons (Fsp3) is 0.250. The monoisotopic (exact) mass is 393 g/mol. The lowest BCUT2D eigenvalue weighted by Crippen LogP contribution is -2.50. The Balaban J connectivity index is 1.48. The summed E-state index contributed by atoms with van der Waals surface area (Å²) in [6.45, 7) is 0.136. The van der Waals surface area contributed by atoms with Crippen molar-refractivity contribution in [1.82, 2.24) is 25.1 Å². The third kappa shape index (κ3) is 3.93. The smallest absolute Gasteiger partial charge is 0.328 e. The van der Waals surface area contributed by atoms with Crippen molar-refractivity contribution in [2.75, 3.05) is 13.7 Å². The van der Waals surface area contributed by atoms with Crippen molar-refractivity contribution < 1.29 is 19.1 Å². The number of ether oxygens (including phenoxy) is 2. The molecule has 0 spiro atoms. The summed E-state index contributed by atoms with van der Waals surface area (Å²) < 4.78 is 12.1. The molecule has 1 aliphatic heterocycles. The van der Waals surface area contributed by atoms with Gasteiger partial charge in [-0.25, -0.2) is 9.48 Å². The molecule has 0 unspecified atom stereocenters. The number of carbonyl (C=O) groups is 2. The van der Waals surface area contributed by atoms with Crippen LogP contribution in [0.25, 0.3) is 5.69 Å². The highest BCUT2D eigenvalue weighted by Crippen LogP contribution is 2.24. The fourth-order valence-electron chi connectivity index (χ4n) is 3.36. The molecule has 2 aromatic carbocycles. The van der Waals surface area contributed by atoms with Crippen LogP contribution in [0.4, 0.5) is 0 Å². The highest BCUT2D eigenvalue weighted by atomic mass is 16.5. The topological polar surface area (TPSA) is 99.4 Å². The number of carbonyl (C=O) groups excluding carboxylic acids is 2. The Morgan fingerprint density at radius 2 is 1.97 bits per heavy atom. The van der Waals surface area contributed by atoms with E-state index in [1.807, 2.05) is 30.3 Å². The lowest BCUT2D eigenvalue weighted by Gasteiger charge is -2.35. The largest absolute Gasteiger partial charge is 0.484 e. The van der Waals surface area contributed by atoms with Crippen molar-refractivity contribution in [3.63, 3.8) is 0 Å². The zero-order chi connectivity index (χ0) is 20.2. The normalized spacial score (nSPS) is 15.5. The van der Waals surface area contributed by atoms with Crippen LogP contribution in [0.1, 0.15) is 11.1 Å². The van der Waals surface area contributed by atoms with Gasteiger partial charge in [0.2, 0.25) is 0 Å². The molecule has 9 nitrogen and oxygen atoms in total. The fourth-order valence-corrected chi connectivity index (χ4v) is 3.36. The number of nitrogens with zero attached hydrogens (tertiary/aromatic N) is 5. The number of tetrazole rings is 1. The molecule has 0 bridgehead atoms. The molecule has 0 fully saturated rings. The summed E-state index contributed by atoms with van der Waals surface area (Å²) in [5.74, 6) is -0.227. The summed E-state index contributed by atoms with van der Waals surface area (Å²) >= 11 is 0. The molecule has 0 radical (unpaired) electrons. The van der Waals surface area contributed by atoms with E-state index < -0.39 is 12.0 Å². The predicted octanol–water partition coefficient (Wildman–Crippen LogP) is 1.17. The number of aromatic nitrogens is 4. The van der Waals surface area contributed by atoms with E-state index in [0.29, 0.717) is 24.4 Å². The molecule has 2 heterocycles. The second-order valence-electron chi connectivity index (χ2n) is 6.57. The van der Waals surface area contributed by atoms with Gasteiger partial charge in [-0.2, -0.15) is 0 Å². The number of benzene rings is 2. The van der Waals surface area contributed by atoms with Crippen LogP contribution >= 0.6 is 0 Å².